The smallest absolute Gasteiger partial charge is 0.000800 e. The summed E-state index contributed by atoms with van der Waals surface area (Å²) < 4.78 is 0. The molecule has 1 aliphatic carbocycles. The van der Waals surface area contributed by atoms with Crippen LogP contribution in [0.1, 0.15) is 29.5 Å². The summed E-state index contributed by atoms with van der Waals surface area (Å²) in [6, 6.07) is 6.89. The van der Waals surface area contributed by atoms with E-state index in [0.29, 0.717) is 5.41 Å². The molecule has 0 saturated heterocycles. The van der Waals surface area contributed by atoms with Crippen molar-refractivity contribution in [1.29, 1.82) is 0 Å². The molecule has 2 rings (SSSR count). The highest BCUT2D eigenvalue weighted by Gasteiger charge is 2.41. The van der Waals surface area contributed by atoms with E-state index in [0.717, 1.165) is 0 Å². The molecule has 0 amide bonds. The Labute approximate surface area is 92.9 Å². The Morgan fingerprint density at radius 3 is 2.47 bits per heavy atom. The van der Waals surface area contributed by atoms with E-state index < -0.39 is 0 Å². The number of rotatable bonds is 4. The zero-order valence-corrected chi connectivity index (χ0v) is 10.1. The summed E-state index contributed by atoms with van der Waals surface area (Å²) in [5, 5.41) is 3.32. The van der Waals surface area contributed by atoms with Gasteiger partial charge in [0.2, 0.25) is 0 Å². The molecular formula is C14H21N. The number of benzene rings is 1. The summed E-state index contributed by atoms with van der Waals surface area (Å²) in [5.41, 5.74) is 4.91. The van der Waals surface area contributed by atoms with Gasteiger partial charge in [-0.25, -0.2) is 0 Å². The van der Waals surface area contributed by atoms with Crippen LogP contribution >= 0.6 is 0 Å². The van der Waals surface area contributed by atoms with Gasteiger partial charge in [-0.3, -0.25) is 0 Å². The Kier molecular flexibility index (Phi) is 2.83. The zero-order chi connectivity index (χ0) is 10.9. The Morgan fingerprint density at radius 2 is 1.93 bits per heavy atom. The highest BCUT2D eigenvalue weighted by Crippen LogP contribution is 2.47. The van der Waals surface area contributed by atoms with Gasteiger partial charge < -0.3 is 5.32 Å². The first-order chi connectivity index (χ1) is 7.15. The van der Waals surface area contributed by atoms with Crippen LogP contribution in [-0.4, -0.2) is 13.6 Å². The predicted octanol–water partition coefficient (Wildman–Crippen LogP) is 2.85. The van der Waals surface area contributed by atoms with Crippen molar-refractivity contribution in [3.05, 3.63) is 34.9 Å². The van der Waals surface area contributed by atoms with Crippen LogP contribution in [0.5, 0.6) is 0 Å². The third-order valence-electron chi connectivity index (χ3n) is 3.66. The Balaban J connectivity index is 2.08. The lowest BCUT2D eigenvalue weighted by Crippen LogP contribution is -2.21. The molecule has 1 aliphatic rings. The van der Waals surface area contributed by atoms with Crippen LogP contribution in [0.3, 0.4) is 0 Å². The van der Waals surface area contributed by atoms with Gasteiger partial charge in [-0.2, -0.15) is 0 Å². The van der Waals surface area contributed by atoms with Gasteiger partial charge >= 0.3 is 0 Å². The SMILES string of the molecule is CNCC1(Cc2ccc(C)c(C)c2)CC1. The number of hydrogen-bond donors (Lipinski definition) is 1. The normalized spacial score (nSPS) is 17.8. The number of aryl methyl sites for hydroxylation is 2. The van der Waals surface area contributed by atoms with Crippen molar-refractivity contribution in [2.45, 2.75) is 33.1 Å². The van der Waals surface area contributed by atoms with Gasteiger partial charge in [-0.1, -0.05) is 18.2 Å². The van der Waals surface area contributed by atoms with Crippen molar-refractivity contribution < 1.29 is 0 Å². The fraction of sp³-hybridized carbons (Fsp3) is 0.571. The molecule has 1 saturated carbocycles. The molecule has 0 radical (unpaired) electrons. The van der Waals surface area contributed by atoms with E-state index in [-0.39, 0.29) is 0 Å². The van der Waals surface area contributed by atoms with Crippen LogP contribution in [0, 0.1) is 19.3 Å². The molecule has 0 bridgehead atoms. The van der Waals surface area contributed by atoms with Crippen LogP contribution < -0.4 is 5.32 Å². The lowest BCUT2D eigenvalue weighted by Gasteiger charge is -2.15. The summed E-state index contributed by atoms with van der Waals surface area (Å²) in [7, 11) is 2.06. The largest absolute Gasteiger partial charge is 0.319 e. The molecule has 1 aromatic carbocycles. The van der Waals surface area contributed by atoms with Gasteiger partial charge in [-0.15, -0.1) is 0 Å². The van der Waals surface area contributed by atoms with E-state index in [2.05, 4.69) is 44.4 Å². The van der Waals surface area contributed by atoms with Gasteiger partial charge in [0, 0.05) is 6.54 Å². The van der Waals surface area contributed by atoms with Gasteiger partial charge in [0.15, 0.2) is 0 Å². The molecule has 0 aliphatic heterocycles. The summed E-state index contributed by atoms with van der Waals surface area (Å²) >= 11 is 0. The first-order valence-electron chi connectivity index (χ1n) is 5.86. The molecule has 0 spiro atoms. The van der Waals surface area contributed by atoms with Crippen molar-refractivity contribution in [1.82, 2.24) is 5.32 Å². The molecular weight excluding hydrogens is 182 g/mol. The minimum atomic E-state index is 0.580. The van der Waals surface area contributed by atoms with Crippen molar-refractivity contribution >= 4 is 0 Å². The third-order valence-corrected chi connectivity index (χ3v) is 3.66. The van der Waals surface area contributed by atoms with E-state index in [1.807, 2.05) is 0 Å². The maximum atomic E-state index is 3.32. The Hall–Kier alpha value is -0.820. The second-order valence-corrected chi connectivity index (χ2v) is 5.13. The maximum absolute atomic E-state index is 3.32. The molecule has 0 aromatic heterocycles. The Bertz CT molecular complexity index is 350. The molecule has 15 heavy (non-hydrogen) atoms. The number of hydrogen-bond acceptors (Lipinski definition) is 1. The first-order valence-corrected chi connectivity index (χ1v) is 5.86. The van der Waals surface area contributed by atoms with Gasteiger partial charge in [0.25, 0.3) is 0 Å². The molecule has 1 heteroatoms. The molecule has 1 fully saturated rings. The highest BCUT2D eigenvalue weighted by atomic mass is 14.8. The predicted molar refractivity (Wildman–Crippen MR) is 65.2 cm³/mol. The lowest BCUT2D eigenvalue weighted by molar-refractivity contribution is 0.478. The minimum absolute atomic E-state index is 0.580. The van der Waals surface area contributed by atoms with Crippen molar-refractivity contribution in [2.24, 2.45) is 5.41 Å². The average Bonchev–Trinajstić information content (AvgIpc) is 2.92. The van der Waals surface area contributed by atoms with E-state index >= 15 is 0 Å². The molecule has 1 nitrogen and oxygen atoms in total. The third kappa shape index (κ3) is 2.40. The molecule has 0 atom stereocenters. The lowest BCUT2D eigenvalue weighted by atomic mass is 9.94. The standard InChI is InChI=1S/C14H21N/c1-11-4-5-13(8-12(11)2)9-14(6-7-14)10-15-3/h4-5,8,15H,6-7,9-10H2,1-3H3. The molecule has 0 heterocycles. The second-order valence-electron chi connectivity index (χ2n) is 5.13. The van der Waals surface area contributed by atoms with Crippen LogP contribution in [0.25, 0.3) is 0 Å². The molecule has 0 unspecified atom stereocenters. The first kappa shape index (κ1) is 10.7. The van der Waals surface area contributed by atoms with Gasteiger partial charge in [0.1, 0.15) is 0 Å². The summed E-state index contributed by atoms with van der Waals surface area (Å²) in [5.74, 6) is 0. The Morgan fingerprint density at radius 1 is 1.20 bits per heavy atom. The second kappa shape index (κ2) is 3.97. The van der Waals surface area contributed by atoms with Crippen molar-refractivity contribution in [2.75, 3.05) is 13.6 Å². The molecule has 1 N–H and O–H groups in total. The summed E-state index contributed by atoms with van der Waals surface area (Å²) in [4.78, 5) is 0. The summed E-state index contributed by atoms with van der Waals surface area (Å²) in [6.07, 6.45) is 4.02. The van der Waals surface area contributed by atoms with E-state index in [1.54, 1.807) is 0 Å². The average molecular weight is 203 g/mol. The van der Waals surface area contributed by atoms with Crippen molar-refractivity contribution in [3.63, 3.8) is 0 Å². The van der Waals surface area contributed by atoms with E-state index in [4.69, 9.17) is 0 Å². The van der Waals surface area contributed by atoms with Crippen LogP contribution in [0.4, 0.5) is 0 Å². The van der Waals surface area contributed by atoms with Crippen LogP contribution in [0.2, 0.25) is 0 Å². The van der Waals surface area contributed by atoms with Crippen molar-refractivity contribution in [3.8, 4) is 0 Å². The quantitative estimate of drug-likeness (QED) is 0.793. The highest BCUT2D eigenvalue weighted by molar-refractivity contribution is 5.31. The van der Waals surface area contributed by atoms with Crippen LogP contribution in [-0.2, 0) is 6.42 Å². The fourth-order valence-electron chi connectivity index (χ4n) is 2.31. The van der Waals surface area contributed by atoms with E-state index in [9.17, 15) is 0 Å². The van der Waals surface area contributed by atoms with Gasteiger partial charge in [0.05, 0.1) is 0 Å². The molecule has 1 aromatic rings. The van der Waals surface area contributed by atoms with Gasteiger partial charge in [-0.05, 0) is 62.3 Å². The van der Waals surface area contributed by atoms with E-state index in [1.165, 1.54) is 42.5 Å². The minimum Gasteiger partial charge on any atom is -0.319 e. The maximum Gasteiger partial charge on any atom is 0.000800 e. The molecule has 82 valence electrons. The topological polar surface area (TPSA) is 12.0 Å². The monoisotopic (exact) mass is 203 g/mol. The van der Waals surface area contributed by atoms with Crippen LogP contribution in [0.15, 0.2) is 18.2 Å². The zero-order valence-electron chi connectivity index (χ0n) is 10.1. The number of nitrogens with one attached hydrogen (secondary N) is 1. The summed E-state index contributed by atoms with van der Waals surface area (Å²) in [6.45, 7) is 5.55. The fourth-order valence-corrected chi connectivity index (χ4v) is 2.31.